The van der Waals surface area contributed by atoms with E-state index < -0.39 is 0 Å². The molecule has 0 amide bonds. The topological polar surface area (TPSA) is 44.5 Å². The van der Waals surface area contributed by atoms with Crippen LogP contribution >= 0.6 is 11.6 Å². The fourth-order valence-corrected chi connectivity index (χ4v) is 1.77. The lowest BCUT2D eigenvalue weighted by molar-refractivity contribution is 0.174. The number of aromatic nitrogens is 1. The smallest absolute Gasteiger partial charge is 0.231 e. The van der Waals surface area contributed by atoms with Crippen molar-refractivity contribution in [3.8, 4) is 11.5 Å². The van der Waals surface area contributed by atoms with E-state index in [1.807, 2.05) is 24.3 Å². The maximum absolute atomic E-state index is 5.64. The second kappa shape index (κ2) is 4.74. The van der Waals surface area contributed by atoms with Gasteiger partial charge in [-0.25, -0.2) is 4.98 Å². The van der Waals surface area contributed by atoms with Crippen LogP contribution in [-0.2, 0) is 5.88 Å². The summed E-state index contributed by atoms with van der Waals surface area (Å²) in [6.07, 6.45) is 5.23. The Hall–Kier alpha value is -1.94. The van der Waals surface area contributed by atoms with Gasteiger partial charge in [-0.2, -0.15) is 0 Å². The summed E-state index contributed by atoms with van der Waals surface area (Å²) in [6.45, 7) is 0.279. The molecule has 1 aliphatic rings. The molecular formula is C13H10ClNO3. The highest BCUT2D eigenvalue weighted by Gasteiger charge is 2.12. The third-order valence-corrected chi connectivity index (χ3v) is 2.80. The molecule has 2 heterocycles. The van der Waals surface area contributed by atoms with Gasteiger partial charge in [0, 0.05) is 6.08 Å². The molecule has 2 aromatic rings. The third kappa shape index (κ3) is 2.19. The van der Waals surface area contributed by atoms with Gasteiger partial charge in [-0.05, 0) is 23.8 Å². The van der Waals surface area contributed by atoms with Crippen LogP contribution in [0.1, 0.15) is 17.1 Å². The van der Waals surface area contributed by atoms with Gasteiger partial charge in [0.15, 0.2) is 11.5 Å². The van der Waals surface area contributed by atoms with Crippen LogP contribution in [0.3, 0.4) is 0 Å². The molecule has 18 heavy (non-hydrogen) atoms. The highest BCUT2D eigenvalue weighted by atomic mass is 35.5. The first-order chi connectivity index (χ1) is 8.85. The zero-order valence-electron chi connectivity index (χ0n) is 9.43. The van der Waals surface area contributed by atoms with Gasteiger partial charge in [0.2, 0.25) is 12.7 Å². The minimum absolute atomic E-state index is 0.279. The van der Waals surface area contributed by atoms with E-state index >= 15 is 0 Å². The number of nitrogens with zero attached hydrogens (tertiary/aromatic N) is 1. The molecule has 1 aromatic heterocycles. The molecule has 0 atom stereocenters. The van der Waals surface area contributed by atoms with Gasteiger partial charge < -0.3 is 13.9 Å². The molecule has 0 aliphatic carbocycles. The predicted molar refractivity (Wildman–Crippen MR) is 67.6 cm³/mol. The molecule has 1 aliphatic heterocycles. The van der Waals surface area contributed by atoms with Crippen LogP contribution in [-0.4, -0.2) is 11.8 Å². The highest BCUT2D eigenvalue weighted by Crippen LogP contribution is 2.32. The van der Waals surface area contributed by atoms with Crippen molar-refractivity contribution in [2.24, 2.45) is 0 Å². The largest absolute Gasteiger partial charge is 0.454 e. The third-order valence-electron chi connectivity index (χ3n) is 2.52. The molecule has 0 N–H and O–H groups in total. The van der Waals surface area contributed by atoms with Crippen molar-refractivity contribution < 1.29 is 13.9 Å². The van der Waals surface area contributed by atoms with Crippen molar-refractivity contribution in [2.45, 2.75) is 5.88 Å². The molecular weight excluding hydrogens is 254 g/mol. The quantitative estimate of drug-likeness (QED) is 0.797. The number of hydrogen-bond acceptors (Lipinski definition) is 4. The summed E-state index contributed by atoms with van der Waals surface area (Å²) in [6, 6.07) is 5.72. The van der Waals surface area contributed by atoms with Crippen LogP contribution in [0.2, 0.25) is 0 Å². The van der Waals surface area contributed by atoms with E-state index in [2.05, 4.69) is 4.98 Å². The van der Waals surface area contributed by atoms with E-state index in [9.17, 15) is 0 Å². The summed E-state index contributed by atoms with van der Waals surface area (Å²) >= 11 is 5.64. The monoisotopic (exact) mass is 263 g/mol. The Morgan fingerprint density at radius 3 is 2.94 bits per heavy atom. The van der Waals surface area contributed by atoms with Gasteiger partial charge in [-0.15, -0.1) is 11.6 Å². The molecule has 0 saturated carbocycles. The van der Waals surface area contributed by atoms with E-state index in [0.29, 0.717) is 11.8 Å². The number of benzene rings is 1. The van der Waals surface area contributed by atoms with E-state index in [0.717, 1.165) is 22.8 Å². The highest BCUT2D eigenvalue weighted by molar-refractivity contribution is 6.16. The molecule has 0 saturated heterocycles. The second-order valence-electron chi connectivity index (χ2n) is 3.76. The maximum Gasteiger partial charge on any atom is 0.231 e. The molecule has 0 unspecified atom stereocenters. The summed E-state index contributed by atoms with van der Waals surface area (Å²) in [5, 5.41) is 0. The lowest BCUT2D eigenvalue weighted by atomic mass is 10.2. The average Bonchev–Trinajstić information content (AvgIpc) is 3.04. The number of rotatable bonds is 3. The fourth-order valence-electron chi connectivity index (χ4n) is 1.64. The standard InChI is InChI=1S/C13H10ClNO3/c14-6-10-7-16-13(15-10)4-2-9-1-3-11-12(5-9)18-8-17-11/h1-5,7H,6,8H2. The van der Waals surface area contributed by atoms with Gasteiger partial charge in [0.25, 0.3) is 0 Å². The minimum atomic E-state index is 0.279. The Morgan fingerprint density at radius 1 is 1.22 bits per heavy atom. The Labute approximate surface area is 109 Å². The van der Waals surface area contributed by atoms with Crippen molar-refractivity contribution in [3.63, 3.8) is 0 Å². The molecule has 92 valence electrons. The van der Waals surface area contributed by atoms with E-state index in [1.54, 1.807) is 12.3 Å². The summed E-state index contributed by atoms with van der Waals surface area (Å²) in [7, 11) is 0. The number of ether oxygens (including phenoxy) is 2. The first-order valence-electron chi connectivity index (χ1n) is 5.43. The number of halogens is 1. The van der Waals surface area contributed by atoms with Crippen molar-refractivity contribution in [1.82, 2.24) is 4.98 Å². The van der Waals surface area contributed by atoms with Crippen molar-refractivity contribution in [3.05, 3.63) is 41.6 Å². The van der Waals surface area contributed by atoms with Crippen LogP contribution in [0.25, 0.3) is 12.2 Å². The summed E-state index contributed by atoms with van der Waals surface area (Å²) < 4.78 is 15.8. The van der Waals surface area contributed by atoms with Crippen LogP contribution in [0.15, 0.2) is 28.9 Å². The van der Waals surface area contributed by atoms with Crippen LogP contribution in [0.5, 0.6) is 11.5 Å². The van der Waals surface area contributed by atoms with Gasteiger partial charge in [-0.1, -0.05) is 6.07 Å². The van der Waals surface area contributed by atoms with Gasteiger partial charge in [0.1, 0.15) is 6.26 Å². The molecule has 0 radical (unpaired) electrons. The zero-order chi connectivity index (χ0) is 12.4. The van der Waals surface area contributed by atoms with Crippen molar-refractivity contribution in [1.29, 1.82) is 0 Å². The molecule has 5 heteroatoms. The van der Waals surface area contributed by atoms with Gasteiger partial charge >= 0.3 is 0 Å². The second-order valence-corrected chi connectivity index (χ2v) is 4.02. The zero-order valence-corrected chi connectivity index (χ0v) is 10.2. The summed E-state index contributed by atoms with van der Waals surface area (Å²) in [5.41, 5.74) is 1.71. The van der Waals surface area contributed by atoms with Gasteiger partial charge in [-0.3, -0.25) is 0 Å². The first kappa shape index (κ1) is 11.2. The van der Waals surface area contributed by atoms with E-state index in [1.165, 1.54) is 0 Å². The van der Waals surface area contributed by atoms with Crippen molar-refractivity contribution in [2.75, 3.05) is 6.79 Å². The minimum Gasteiger partial charge on any atom is -0.454 e. The number of oxazole rings is 1. The molecule has 4 nitrogen and oxygen atoms in total. The van der Waals surface area contributed by atoms with Gasteiger partial charge in [0.05, 0.1) is 11.6 Å². The van der Waals surface area contributed by atoms with Crippen LogP contribution in [0.4, 0.5) is 0 Å². The Kier molecular flexibility index (Phi) is 2.94. The van der Waals surface area contributed by atoms with Crippen LogP contribution < -0.4 is 9.47 Å². The number of hydrogen-bond donors (Lipinski definition) is 0. The molecule has 0 bridgehead atoms. The van der Waals surface area contributed by atoms with Crippen molar-refractivity contribution >= 4 is 23.8 Å². The Balaban J connectivity index is 1.79. The molecule has 0 fully saturated rings. The molecule has 1 aromatic carbocycles. The first-order valence-corrected chi connectivity index (χ1v) is 5.97. The fraction of sp³-hybridized carbons (Fsp3) is 0.154. The molecule has 3 rings (SSSR count). The summed E-state index contributed by atoms with van der Waals surface area (Å²) in [5.74, 6) is 2.41. The Bertz CT molecular complexity index is 592. The lowest BCUT2D eigenvalue weighted by Gasteiger charge is -1.96. The number of fused-ring (bicyclic) bond motifs is 1. The molecule has 0 spiro atoms. The van der Waals surface area contributed by atoms with E-state index in [4.69, 9.17) is 25.5 Å². The SMILES string of the molecule is ClCc1coc(C=Cc2ccc3c(c2)OCO3)n1. The summed E-state index contributed by atoms with van der Waals surface area (Å²) in [4.78, 5) is 4.17. The Morgan fingerprint density at radius 2 is 2.11 bits per heavy atom. The maximum atomic E-state index is 5.64. The normalized spacial score (nSPS) is 13.4. The number of alkyl halides is 1. The lowest BCUT2D eigenvalue weighted by Crippen LogP contribution is -1.92. The van der Waals surface area contributed by atoms with E-state index in [-0.39, 0.29) is 6.79 Å². The average molecular weight is 264 g/mol. The van der Waals surface area contributed by atoms with Crippen LogP contribution in [0, 0.1) is 0 Å². The predicted octanol–water partition coefficient (Wildman–Crippen LogP) is 3.31.